The van der Waals surface area contributed by atoms with Crippen molar-refractivity contribution < 1.29 is 23.0 Å². The van der Waals surface area contributed by atoms with E-state index in [-0.39, 0.29) is 12.1 Å². The van der Waals surface area contributed by atoms with Gasteiger partial charge in [-0.05, 0) is 60.5 Å². The van der Waals surface area contributed by atoms with Crippen LogP contribution >= 0.6 is 0 Å². The van der Waals surface area contributed by atoms with Crippen molar-refractivity contribution in [2.24, 2.45) is 0 Å². The number of fused-ring (bicyclic) bond motifs is 1. The van der Waals surface area contributed by atoms with Crippen LogP contribution in [0.2, 0.25) is 0 Å². The highest BCUT2D eigenvalue weighted by atomic mass is 19.1. The van der Waals surface area contributed by atoms with Crippen LogP contribution in [0.3, 0.4) is 0 Å². The number of hydrogen-bond acceptors (Lipinski definition) is 6. The van der Waals surface area contributed by atoms with Gasteiger partial charge < -0.3 is 16.0 Å². The van der Waals surface area contributed by atoms with Gasteiger partial charge in [-0.2, -0.15) is 0 Å². The van der Waals surface area contributed by atoms with E-state index in [1.165, 1.54) is 12.1 Å². The molecule has 30 heavy (non-hydrogen) atoms. The molecule has 1 fully saturated rings. The summed E-state index contributed by atoms with van der Waals surface area (Å²) >= 11 is 0. The molecule has 0 aliphatic carbocycles. The van der Waals surface area contributed by atoms with Crippen LogP contribution in [0.5, 0.6) is 0 Å². The standard InChI is InChI=1S/C20H19F2N5O3/c21-14-3-1-13(15(22)10-14)11-24-19(29)20(5-7-23-8-6-20)25-18(28)12-2-4-16-17(9-12)27-30-26-16/h1-4,9-10,23H,5-8,11H2,(H,24,29)(H,25,28). The molecule has 2 amide bonds. The SMILES string of the molecule is O=C(NC1(C(=O)NCc2ccc(F)cc2F)CCNCC1)c1ccc2nonc2c1. The Balaban J connectivity index is 1.51. The minimum atomic E-state index is -1.16. The van der Waals surface area contributed by atoms with Gasteiger partial charge in [0.15, 0.2) is 0 Å². The van der Waals surface area contributed by atoms with Crippen LogP contribution in [-0.2, 0) is 11.3 Å². The maximum atomic E-state index is 13.9. The first kappa shape index (κ1) is 19.9. The Bertz CT molecular complexity index is 1090. The Morgan fingerprint density at radius 1 is 1.07 bits per heavy atom. The fourth-order valence-electron chi connectivity index (χ4n) is 3.48. The van der Waals surface area contributed by atoms with Gasteiger partial charge in [0, 0.05) is 23.7 Å². The maximum absolute atomic E-state index is 13.9. The number of amides is 2. The molecule has 0 saturated carbocycles. The number of rotatable bonds is 5. The molecule has 0 radical (unpaired) electrons. The Morgan fingerprint density at radius 2 is 1.83 bits per heavy atom. The second kappa shape index (κ2) is 8.15. The average molecular weight is 415 g/mol. The summed E-state index contributed by atoms with van der Waals surface area (Å²) in [5.41, 5.74) is 0.258. The molecule has 0 unspecified atom stereocenters. The minimum absolute atomic E-state index is 0.118. The van der Waals surface area contributed by atoms with Gasteiger partial charge in [0.2, 0.25) is 5.91 Å². The number of benzene rings is 2. The Kier molecular flexibility index (Phi) is 5.40. The number of piperidine rings is 1. The molecule has 3 N–H and O–H groups in total. The predicted molar refractivity (Wildman–Crippen MR) is 102 cm³/mol. The van der Waals surface area contributed by atoms with Gasteiger partial charge >= 0.3 is 0 Å². The molecule has 156 valence electrons. The van der Waals surface area contributed by atoms with E-state index in [0.29, 0.717) is 42.5 Å². The lowest BCUT2D eigenvalue weighted by Crippen LogP contribution is -2.62. The van der Waals surface area contributed by atoms with Crippen molar-refractivity contribution in [3.63, 3.8) is 0 Å². The van der Waals surface area contributed by atoms with E-state index in [1.807, 2.05) is 0 Å². The van der Waals surface area contributed by atoms with Crippen molar-refractivity contribution in [3.8, 4) is 0 Å². The first-order valence-electron chi connectivity index (χ1n) is 9.45. The van der Waals surface area contributed by atoms with Crippen molar-refractivity contribution in [2.45, 2.75) is 24.9 Å². The topological polar surface area (TPSA) is 109 Å². The zero-order valence-electron chi connectivity index (χ0n) is 15.9. The van der Waals surface area contributed by atoms with Crippen LogP contribution in [0.1, 0.15) is 28.8 Å². The molecule has 2 aromatic carbocycles. The fourth-order valence-corrected chi connectivity index (χ4v) is 3.48. The Morgan fingerprint density at radius 3 is 2.60 bits per heavy atom. The van der Waals surface area contributed by atoms with Gasteiger partial charge in [0.1, 0.15) is 28.2 Å². The third kappa shape index (κ3) is 3.99. The molecule has 3 aromatic rings. The average Bonchev–Trinajstić information content (AvgIpc) is 3.21. The number of carbonyl (C=O) groups is 2. The van der Waals surface area contributed by atoms with E-state index in [4.69, 9.17) is 0 Å². The molecule has 0 spiro atoms. The predicted octanol–water partition coefficient (Wildman–Crippen LogP) is 1.67. The number of hydrogen-bond donors (Lipinski definition) is 3. The molecule has 1 aromatic heterocycles. The first-order chi connectivity index (χ1) is 14.5. The number of nitrogens with zero attached hydrogens (tertiary/aromatic N) is 2. The summed E-state index contributed by atoms with van der Waals surface area (Å²) in [6, 6.07) is 7.87. The van der Waals surface area contributed by atoms with Crippen molar-refractivity contribution in [2.75, 3.05) is 13.1 Å². The molecular formula is C20H19F2N5O3. The Labute approximate surface area is 170 Å². The van der Waals surface area contributed by atoms with Gasteiger partial charge in [0.25, 0.3) is 5.91 Å². The van der Waals surface area contributed by atoms with E-state index >= 15 is 0 Å². The molecule has 1 saturated heterocycles. The van der Waals surface area contributed by atoms with Gasteiger partial charge in [-0.15, -0.1) is 0 Å². The van der Waals surface area contributed by atoms with Crippen LogP contribution in [0.15, 0.2) is 41.0 Å². The number of halogens is 2. The number of aromatic nitrogens is 2. The van der Waals surface area contributed by atoms with Crippen LogP contribution in [0, 0.1) is 11.6 Å². The second-order valence-corrected chi connectivity index (χ2v) is 7.17. The molecule has 1 aliphatic heterocycles. The normalized spacial score (nSPS) is 15.7. The van der Waals surface area contributed by atoms with Crippen molar-refractivity contribution in [3.05, 3.63) is 59.2 Å². The highest BCUT2D eigenvalue weighted by molar-refractivity contribution is 6.01. The summed E-state index contributed by atoms with van der Waals surface area (Å²) < 4.78 is 31.6. The second-order valence-electron chi connectivity index (χ2n) is 7.17. The van der Waals surface area contributed by atoms with E-state index in [1.54, 1.807) is 12.1 Å². The molecular weight excluding hydrogens is 396 g/mol. The lowest BCUT2D eigenvalue weighted by molar-refractivity contribution is -0.128. The smallest absolute Gasteiger partial charge is 0.252 e. The maximum Gasteiger partial charge on any atom is 0.252 e. The van der Waals surface area contributed by atoms with Gasteiger partial charge in [-0.25, -0.2) is 13.4 Å². The fraction of sp³-hybridized carbons (Fsp3) is 0.300. The lowest BCUT2D eigenvalue weighted by atomic mass is 9.86. The summed E-state index contributed by atoms with van der Waals surface area (Å²) in [5.74, 6) is -2.30. The summed E-state index contributed by atoms with van der Waals surface area (Å²) in [6.07, 6.45) is 0.731. The molecule has 0 bridgehead atoms. The van der Waals surface area contributed by atoms with Crippen LogP contribution in [0.4, 0.5) is 8.78 Å². The van der Waals surface area contributed by atoms with Crippen molar-refractivity contribution >= 4 is 22.8 Å². The molecule has 10 heteroatoms. The van der Waals surface area contributed by atoms with E-state index in [9.17, 15) is 18.4 Å². The number of nitrogens with one attached hydrogen (secondary N) is 3. The van der Waals surface area contributed by atoms with Crippen LogP contribution in [-0.4, -0.2) is 40.8 Å². The summed E-state index contributed by atoms with van der Waals surface area (Å²) in [4.78, 5) is 25.9. The third-order valence-corrected chi connectivity index (χ3v) is 5.22. The zero-order chi connectivity index (χ0) is 21.1. The van der Waals surface area contributed by atoms with Crippen LogP contribution in [0.25, 0.3) is 11.0 Å². The molecule has 2 heterocycles. The van der Waals surface area contributed by atoms with Gasteiger partial charge in [-0.3, -0.25) is 9.59 Å². The number of carbonyl (C=O) groups excluding carboxylic acids is 2. The molecule has 4 rings (SSSR count). The zero-order valence-corrected chi connectivity index (χ0v) is 15.9. The highest BCUT2D eigenvalue weighted by Crippen LogP contribution is 2.21. The van der Waals surface area contributed by atoms with Gasteiger partial charge in [-0.1, -0.05) is 6.07 Å². The minimum Gasteiger partial charge on any atom is -0.350 e. The van der Waals surface area contributed by atoms with E-state index < -0.39 is 29.0 Å². The van der Waals surface area contributed by atoms with E-state index in [0.717, 1.165) is 12.1 Å². The van der Waals surface area contributed by atoms with Crippen molar-refractivity contribution in [1.82, 2.24) is 26.3 Å². The molecule has 8 nitrogen and oxygen atoms in total. The summed E-state index contributed by atoms with van der Waals surface area (Å²) in [6.45, 7) is 0.947. The third-order valence-electron chi connectivity index (χ3n) is 5.22. The lowest BCUT2D eigenvalue weighted by Gasteiger charge is -2.37. The highest BCUT2D eigenvalue weighted by Gasteiger charge is 2.41. The molecule has 0 atom stereocenters. The largest absolute Gasteiger partial charge is 0.350 e. The molecule has 1 aliphatic rings. The summed E-state index contributed by atoms with van der Waals surface area (Å²) in [7, 11) is 0. The van der Waals surface area contributed by atoms with Crippen LogP contribution < -0.4 is 16.0 Å². The summed E-state index contributed by atoms with van der Waals surface area (Å²) in [5, 5.41) is 16.1. The monoisotopic (exact) mass is 415 g/mol. The van der Waals surface area contributed by atoms with Gasteiger partial charge in [0.05, 0.1) is 0 Å². The van der Waals surface area contributed by atoms with E-state index in [2.05, 4.69) is 30.9 Å². The quantitative estimate of drug-likeness (QED) is 0.585. The van der Waals surface area contributed by atoms with Crippen molar-refractivity contribution in [1.29, 1.82) is 0 Å². The first-order valence-corrected chi connectivity index (χ1v) is 9.45. The Hall–Kier alpha value is -3.40.